The Balaban J connectivity index is 2.15. The van der Waals surface area contributed by atoms with E-state index < -0.39 is 22.5 Å². The summed E-state index contributed by atoms with van der Waals surface area (Å²) in [6.07, 6.45) is 1.71. The Bertz CT molecular complexity index is 943. The second kappa shape index (κ2) is 6.89. The van der Waals surface area contributed by atoms with E-state index in [-0.39, 0.29) is 18.1 Å². The van der Waals surface area contributed by atoms with Gasteiger partial charge < -0.3 is 10.8 Å². The van der Waals surface area contributed by atoms with Gasteiger partial charge >= 0.3 is 11.8 Å². The van der Waals surface area contributed by atoms with Crippen molar-refractivity contribution in [2.45, 2.75) is 6.54 Å². The first-order chi connectivity index (χ1) is 12.5. The lowest BCUT2D eigenvalue weighted by atomic mass is 10.2. The van der Waals surface area contributed by atoms with Crippen molar-refractivity contribution >= 4 is 23.3 Å². The molecule has 3 aromatic rings. The van der Waals surface area contributed by atoms with Gasteiger partial charge in [-0.3, -0.25) is 15.0 Å². The molecule has 26 heavy (non-hydrogen) atoms. The van der Waals surface area contributed by atoms with Crippen LogP contribution in [0.1, 0.15) is 5.56 Å². The molecule has 0 aliphatic rings. The van der Waals surface area contributed by atoms with Crippen molar-refractivity contribution in [1.82, 2.24) is 14.8 Å². The number of carboxylic acid groups (broad SMARTS) is 1. The van der Waals surface area contributed by atoms with E-state index in [9.17, 15) is 20.0 Å². The summed E-state index contributed by atoms with van der Waals surface area (Å²) in [6.45, 7) is -0.0843. The molecule has 2 aromatic heterocycles. The first-order valence-electron chi connectivity index (χ1n) is 7.46. The van der Waals surface area contributed by atoms with Crippen molar-refractivity contribution in [2.24, 2.45) is 0 Å². The van der Waals surface area contributed by atoms with Crippen LogP contribution in [-0.2, 0) is 6.54 Å². The van der Waals surface area contributed by atoms with E-state index in [0.717, 1.165) is 4.90 Å². The second-order valence-corrected chi connectivity index (χ2v) is 5.30. The molecular weight excluding hydrogens is 340 g/mol. The molecule has 0 saturated heterocycles. The van der Waals surface area contributed by atoms with Crippen LogP contribution in [-0.4, -0.2) is 30.9 Å². The minimum absolute atomic E-state index is 0.0843. The van der Waals surface area contributed by atoms with Gasteiger partial charge in [-0.15, -0.1) is 0 Å². The summed E-state index contributed by atoms with van der Waals surface area (Å²) in [5.74, 6) is -0.218. The number of nitrogen functional groups attached to an aromatic ring is 1. The van der Waals surface area contributed by atoms with Gasteiger partial charge in [0.25, 0.3) is 0 Å². The maximum atomic E-state index is 11.8. The summed E-state index contributed by atoms with van der Waals surface area (Å²) in [5.41, 5.74) is 5.67. The summed E-state index contributed by atoms with van der Waals surface area (Å²) in [7, 11) is 0. The van der Waals surface area contributed by atoms with Gasteiger partial charge in [0, 0.05) is 18.5 Å². The van der Waals surface area contributed by atoms with Gasteiger partial charge in [-0.2, -0.15) is 5.10 Å². The van der Waals surface area contributed by atoms with E-state index in [2.05, 4.69) is 10.1 Å². The van der Waals surface area contributed by atoms with Crippen LogP contribution < -0.4 is 10.6 Å². The number of rotatable bonds is 5. The molecule has 0 aliphatic carbocycles. The Labute approximate surface area is 147 Å². The zero-order valence-electron chi connectivity index (χ0n) is 13.4. The third-order valence-electron chi connectivity index (χ3n) is 3.61. The lowest BCUT2D eigenvalue weighted by Gasteiger charge is -2.20. The van der Waals surface area contributed by atoms with Gasteiger partial charge in [-0.05, 0) is 11.6 Å². The maximum absolute atomic E-state index is 11.8. The molecule has 10 heteroatoms. The van der Waals surface area contributed by atoms with Crippen LogP contribution >= 0.6 is 0 Å². The molecule has 2 heterocycles. The minimum Gasteiger partial charge on any atom is -0.465 e. The van der Waals surface area contributed by atoms with E-state index in [4.69, 9.17) is 5.73 Å². The van der Waals surface area contributed by atoms with E-state index in [0.29, 0.717) is 5.56 Å². The fourth-order valence-electron chi connectivity index (χ4n) is 2.47. The van der Waals surface area contributed by atoms with Gasteiger partial charge in [0.2, 0.25) is 5.82 Å². The van der Waals surface area contributed by atoms with Crippen LogP contribution in [0.3, 0.4) is 0 Å². The highest BCUT2D eigenvalue weighted by Crippen LogP contribution is 2.35. The van der Waals surface area contributed by atoms with Crippen LogP contribution in [0.25, 0.3) is 5.82 Å². The Morgan fingerprint density at radius 2 is 2.04 bits per heavy atom. The SMILES string of the molecule is Nc1nc(-n2cccn2)cc(N(Cc2ccccc2)C(=O)O)c1[N+](=O)[O-]. The molecular formula is C16H14N6O4. The third kappa shape index (κ3) is 3.29. The number of hydrogen-bond acceptors (Lipinski definition) is 6. The molecule has 0 saturated carbocycles. The van der Waals surface area contributed by atoms with Crippen LogP contribution in [0.4, 0.5) is 22.0 Å². The van der Waals surface area contributed by atoms with Crippen molar-refractivity contribution in [2.75, 3.05) is 10.6 Å². The Hall–Kier alpha value is -3.95. The molecule has 0 atom stereocenters. The average Bonchev–Trinajstić information content (AvgIpc) is 3.14. The largest absolute Gasteiger partial charge is 0.465 e. The van der Waals surface area contributed by atoms with Crippen LogP contribution in [0.5, 0.6) is 0 Å². The number of nitrogens with zero attached hydrogens (tertiary/aromatic N) is 5. The number of benzene rings is 1. The number of pyridine rings is 1. The normalized spacial score (nSPS) is 10.5. The van der Waals surface area contributed by atoms with Crippen molar-refractivity contribution in [3.63, 3.8) is 0 Å². The summed E-state index contributed by atoms with van der Waals surface area (Å²) < 4.78 is 1.34. The average molecular weight is 354 g/mol. The summed E-state index contributed by atoms with van der Waals surface area (Å²) in [6, 6.07) is 11.6. The van der Waals surface area contributed by atoms with Gasteiger partial charge in [0.05, 0.1) is 11.5 Å². The summed E-state index contributed by atoms with van der Waals surface area (Å²) >= 11 is 0. The molecule has 0 fully saturated rings. The Kier molecular flexibility index (Phi) is 4.48. The van der Waals surface area contributed by atoms with E-state index in [1.165, 1.54) is 16.9 Å². The first-order valence-corrected chi connectivity index (χ1v) is 7.46. The number of aromatic nitrogens is 3. The van der Waals surface area contributed by atoms with Gasteiger partial charge in [0.15, 0.2) is 5.82 Å². The smallest absolute Gasteiger partial charge is 0.412 e. The highest BCUT2D eigenvalue weighted by atomic mass is 16.6. The summed E-state index contributed by atoms with van der Waals surface area (Å²) in [5, 5.41) is 25.1. The number of hydrogen-bond donors (Lipinski definition) is 2. The highest BCUT2D eigenvalue weighted by molar-refractivity contribution is 5.91. The maximum Gasteiger partial charge on any atom is 0.412 e. The van der Waals surface area contributed by atoms with Gasteiger partial charge in [0.1, 0.15) is 5.69 Å². The zero-order chi connectivity index (χ0) is 18.7. The van der Waals surface area contributed by atoms with E-state index in [1.807, 2.05) is 0 Å². The van der Waals surface area contributed by atoms with Crippen molar-refractivity contribution < 1.29 is 14.8 Å². The molecule has 0 spiro atoms. The quantitative estimate of drug-likeness (QED) is 0.529. The standard InChI is InChI=1S/C16H14N6O4/c17-15-14(22(25)26)12(9-13(19-15)21-8-4-7-18-21)20(16(23)24)10-11-5-2-1-3-6-11/h1-9H,10H2,(H2,17,19)(H,23,24). The van der Waals surface area contributed by atoms with Crippen molar-refractivity contribution in [3.05, 3.63) is 70.5 Å². The van der Waals surface area contributed by atoms with Crippen LogP contribution in [0, 0.1) is 10.1 Å². The molecule has 0 unspecified atom stereocenters. The predicted molar refractivity (Wildman–Crippen MR) is 93.1 cm³/mol. The predicted octanol–water partition coefficient (Wildman–Crippen LogP) is 2.44. The molecule has 1 amide bonds. The fourth-order valence-corrected chi connectivity index (χ4v) is 2.47. The van der Waals surface area contributed by atoms with Gasteiger partial charge in [-0.1, -0.05) is 30.3 Å². The molecule has 3 rings (SSSR count). The number of amides is 1. The molecule has 10 nitrogen and oxygen atoms in total. The van der Waals surface area contributed by atoms with E-state index in [1.54, 1.807) is 42.6 Å². The second-order valence-electron chi connectivity index (χ2n) is 5.30. The number of nitrogens with two attached hydrogens (primary N) is 1. The molecule has 0 bridgehead atoms. The molecule has 0 aliphatic heterocycles. The number of anilines is 2. The lowest BCUT2D eigenvalue weighted by molar-refractivity contribution is -0.383. The van der Waals surface area contributed by atoms with Gasteiger partial charge in [-0.25, -0.2) is 14.5 Å². The molecule has 0 radical (unpaired) electrons. The molecule has 3 N–H and O–H groups in total. The van der Waals surface area contributed by atoms with Crippen LogP contribution in [0.15, 0.2) is 54.9 Å². The number of nitro groups is 1. The summed E-state index contributed by atoms with van der Waals surface area (Å²) in [4.78, 5) is 27.3. The lowest BCUT2D eigenvalue weighted by Crippen LogP contribution is -2.30. The minimum atomic E-state index is -1.35. The Morgan fingerprint density at radius 1 is 1.31 bits per heavy atom. The van der Waals surface area contributed by atoms with Crippen molar-refractivity contribution in [1.29, 1.82) is 0 Å². The topological polar surface area (TPSA) is 140 Å². The molecule has 132 valence electrons. The highest BCUT2D eigenvalue weighted by Gasteiger charge is 2.29. The van der Waals surface area contributed by atoms with Crippen LogP contribution in [0.2, 0.25) is 0 Å². The molecule has 1 aromatic carbocycles. The fraction of sp³-hybridized carbons (Fsp3) is 0.0625. The zero-order valence-corrected chi connectivity index (χ0v) is 13.4. The van der Waals surface area contributed by atoms with E-state index >= 15 is 0 Å². The third-order valence-corrected chi connectivity index (χ3v) is 3.61. The first kappa shape index (κ1) is 16.9. The van der Waals surface area contributed by atoms with Crippen molar-refractivity contribution in [3.8, 4) is 5.82 Å². The monoisotopic (exact) mass is 354 g/mol. The number of carbonyl (C=O) groups is 1. The Morgan fingerprint density at radius 3 is 2.62 bits per heavy atom.